The van der Waals surface area contributed by atoms with Gasteiger partial charge in [-0.05, 0) is 43.7 Å². The summed E-state index contributed by atoms with van der Waals surface area (Å²) < 4.78 is 28.8. The molecule has 9 heteroatoms. The molecule has 1 aliphatic rings. The first kappa shape index (κ1) is 20.9. The van der Waals surface area contributed by atoms with Crippen LogP contribution in [-0.4, -0.2) is 54.7 Å². The van der Waals surface area contributed by atoms with Crippen LogP contribution in [0.1, 0.15) is 33.9 Å². The topological polar surface area (TPSA) is 96.6 Å². The summed E-state index contributed by atoms with van der Waals surface area (Å²) in [6, 6.07) is 12.7. The van der Waals surface area contributed by atoms with Crippen molar-refractivity contribution in [2.75, 3.05) is 26.2 Å². The number of thiazole rings is 1. The van der Waals surface area contributed by atoms with E-state index in [1.165, 1.54) is 16.4 Å². The number of sulfonamides is 1. The van der Waals surface area contributed by atoms with E-state index in [1.807, 2.05) is 18.2 Å². The summed E-state index contributed by atoms with van der Waals surface area (Å²) in [5, 5.41) is 1.04. The number of benzene rings is 2. The Morgan fingerprint density at radius 2 is 1.83 bits per heavy atom. The number of rotatable bonds is 5. The maximum absolute atomic E-state index is 13.1. The molecule has 158 valence electrons. The number of aryl methyl sites for hydroxylation is 1. The van der Waals surface area contributed by atoms with Gasteiger partial charge in [0.2, 0.25) is 15.9 Å². The Kier molecular flexibility index (Phi) is 5.63. The molecule has 1 saturated heterocycles. The Balaban J connectivity index is 1.48. The Labute approximate surface area is 180 Å². The van der Waals surface area contributed by atoms with Crippen molar-refractivity contribution in [1.29, 1.82) is 0 Å². The molecule has 0 bridgehead atoms. The van der Waals surface area contributed by atoms with Crippen LogP contribution in [0.25, 0.3) is 10.2 Å². The van der Waals surface area contributed by atoms with Crippen LogP contribution >= 0.6 is 11.3 Å². The van der Waals surface area contributed by atoms with Crippen LogP contribution in [0.15, 0.2) is 47.4 Å². The first-order valence-corrected chi connectivity index (χ1v) is 12.0. The minimum absolute atomic E-state index is 0.106. The molecule has 1 amide bonds. The highest BCUT2D eigenvalue weighted by Gasteiger charge is 2.31. The molecule has 1 fully saturated rings. The lowest BCUT2D eigenvalue weighted by atomic mass is 10.1. The number of carbonyl (C=O) groups is 1. The Hall–Kier alpha value is -2.33. The summed E-state index contributed by atoms with van der Waals surface area (Å²) in [6.45, 7) is 5.85. The SMILES string of the molecule is Cc1ccc(S(=O)(=O)N2CCN([C@H](C)c3nc4ccccc4s3)CC2)cc1C(N)=O. The van der Waals surface area contributed by atoms with E-state index in [1.54, 1.807) is 24.3 Å². The predicted octanol–water partition coefficient (Wildman–Crippen LogP) is 2.77. The molecule has 7 nitrogen and oxygen atoms in total. The first-order chi connectivity index (χ1) is 14.3. The van der Waals surface area contributed by atoms with Gasteiger partial charge in [0.15, 0.2) is 0 Å². The number of para-hydroxylation sites is 1. The Bertz CT molecular complexity index is 1160. The van der Waals surface area contributed by atoms with Crippen molar-refractivity contribution in [3.05, 3.63) is 58.6 Å². The standard InChI is InChI=1S/C21H24N4O3S2/c1-14-7-8-16(13-17(14)20(22)26)30(27,28)25-11-9-24(10-12-25)15(2)21-23-18-5-3-4-6-19(18)29-21/h3-8,13,15H,9-12H2,1-2H3,(H2,22,26)/t15-/m1/s1. The monoisotopic (exact) mass is 444 g/mol. The number of hydrogen-bond donors (Lipinski definition) is 1. The fourth-order valence-corrected chi connectivity index (χ4v) is 6.23. The zero-order valence-corrected chi connectivity index (χ0v) is 18.5. The number of fused-ring (bicyclic) bond motifs is 1. The molecule has 0 unspecified atom stereocenters. The van der Waals surface area contributed by atoms with Gasteiger partial charge in [0.25, 0.3) is 0 Å². The molecule has 0 radical (unpaired) electrons. The first-order valence-electron chi connectivity index (χ1n) is 9.77. The van der Waals surface area contributed by atoms with Gasteiger partial charge in [-0.3, -0.25) is 9.69 Å². The highest BCUT2D eigenvalue weighted by Crippen LogP contribution is 2.30. The molecule has 4 rings (SSSR count). The second-order valence-electron chi connectivity index (χ2n) is 7.48. The smallest absolute Gasteiger partial charge is 0.249 e. The average molecular weight is 445 g/mol. The number of hydrogen-bond acceptors (Lipinski definition) is 6. The minimum atomic E-state index is -3.68. The van der Waals surface area contributed by atoms with Crippen LogP contribution in [0.4, 0.5) is 0 Å². The second-order valence-corrected chi connectivity index (χ2v) is 10.5. The number of piperazine rings is 1. The Morgan fingerprint density at radius 1 is 1.13 bits per heavy atom. The van der Waals surface area contributed by atoms with Gasteiger partial charge in [-0.2, -0.15) is 4.31 Å². The van der Waals surface area contributed by atoms with Gasteiger partial charge in [0.05, 0.1) is 21.2 Å². The number of nitrogens with zero attached hydrogens (tertiary/aromatic N) is 3. The van der Waals surface area contributed by atoms with E-state index in [-0.39, 0.29) is 16.5 Å². The number of primary amides is 1. The predicted molar refractivity (Wildman–Crippen MR) is 118 cm³/mol. The summed E-state index contributed by atoms with van der Waals surface area (Å²) in [6.07, 6.45) is 0. The van der Waals surface area contributed by atoms with E-state index >= 15 is 0 Å². The van der Waals surface area contributed by atoms with E-state index < -0.39 is 15.9 Å². The lowest BCUT2D eigenvalue weighted by Crippen LogP contribution is -2.49. The molecule has 0 spiro atoms. The lowest BCUT2D eigenvalue weighted by molar-refractivity contribution is 0.0999. The number of aromatic nitrogens is 1. The van der Waals surface area contributed by atoms with Crippen molar-refractivity contribution in [2.45, 2.75) is 24.8 Å². The average Bonchev–Trinajstić information content (AvgIpc) is 3.17. The molecule has 30 heavy (non-hydrogen) atoms. The molecule has 0 aliphatic carbocycles. The molecule has 2 N–H and O–H groups in total. The van der Waals surface area contributed by atoms with Crippen LogP contribution in [0, 0.1) is 6.92 Å². The van der Waals surface area contributed by atoms with E-state index in [0.29, 0.717) is 31.7 Å². The maximum Gasteiger partial charge on any atom is 0.249 e. The van der Waals surface area contributed by atoms with Gasteiger partial charge in [-0.1, -0.05) is 18.2 Å². The van der Waals surface area contributed by atoms with E-state index in [9.17, 15) is 13.2 Å². The molecule has 1 aliphatic heterocycles. The van der Waals surface area contributed by atoms with Crippen molar-refractivity contribution < 1.29 is 13.2 Å². The van der Waals surface area contributed by atoms with Crippen molar-refractivity contribution in [3.8, 4) is 0 Å². The van der Waals surface area contributed by atoms with Crippen LogP contribution in [0.2, 0.25) is 0 Å². The number of amides is 1. The zero-order chi connectivity index (χ0) is 21.5. The van der Waals surface area contributed by atoms with E-state index in [0.717, 1.165) is 15.2 Å². The highest BCUT2D eigenvalue weighted by atomic mass is 32.2. The third-order valence-electron chi connectivity index (χ3n) is 5.60. The molecule has 2 aromatic carbocycles. The van der Waals surface area contributed by atoms with Gasteiger partial charge in [0.1, 0.15) is 5.01 Å². The fraction of sp³-hybridized carbons (Fsp3) is 0.333. The van der Waals surface area contributed by atoms with Gasteiger partial charge in [-0.15, -0.1) is 11.3 Å². The second kappa shape index (κ2) is 8.07. The van der Waals surface area contributed by atoms with Crippen LogP contribution in [-0.2, 0) is 10.0 Å². The maximum atomic E-state index is 13.1. The number of nitrogens with two attached hydrogens (primary N) is 1. The molecule has 1 aromatic heterocycles. The third kappa shape index (κ3) is 3.85. The van der Waals surface area contributed by atoms with E-state index in [4.69, 9.17) is 10.7 Å². The van der Waals surface area contributed by atoms with Crippen molar-refractivity contribution in [1.82, 2.24) is 14.2 Å². The largest absolute Gasteiger partial charge is 0.366 e. The molecule has 3 aromatic rings. The molecular formula is C21H24N4O3S2. The molecular weight excluding hydrogens is 420 g/mol. The Morgan fingerprint density at radius 3 is 2.50 bits per heavy atom. The van der Waals surface area contributed by atoms with Gasteiger partial charge in [0, 0.05) is 31.7 Å². The molecule has 1 atom stereocenters. The van der Waals surface area contributed by atoms with E-state index in [2.05, 4.69) is 17.9 Å². The van der Waals surface area contributed by atoms with Gasteiger partial charge < -0.3 is 5.73 Å². The van der Waals surface area contributed by atoms with Gasteiger partial charge in [-0.25, -0.2) is 13.4 Å². The van der Waals surface area contributed by atoms with Crippen LogP contribution in [0.3, 0.4) is 0 Å². The quantitative estimate of drug-likeness (QED) is 0.653. The zero-order valence-electron chi connectivity index (χ0n) is 16.9. The summed E-state index contributed by atoms with van der Waals surface area (Å²) >= 11 is 1.68. The normalized spacial score (nSPS) is 17.3. The summed E-state index contributed by atoms with van der Waals surface area (Å²) in [7, 11) is -3.68. The summed E-state index contributed by atoms with van der Waals surface area (Å²) in [5.41, 5.74) is 7.27. The minimum Gasteiger partial charge on any atom is -0.366 e. The van der Waals surface area contributed by atoms with Crippen LogP contribution < -0.4 is 5.73 Å². The van der Waals surface area contributed by atoms with Crippen molar-refractivity contribution in [3.63, 3.8) is 0 Å². The summed E-state index contributed by atoms with van der Waals surface area (Å²) in [4.78, 5) is 18.7. The third-order valence-corrected chi connectivity index (χ3v) is 8.70. The molecule has 2 heterocycles. The van der Waals surface area contributed by atoms with Gasteiger partial charge >= 0.3 is 0 Å². The lowest BCUT2D eigenvalue weighted by Gasteiger charge is -2.36. The van der Waals surface area contributed by atoms with Crippen LogP contribution in [0.5, 0.6) is 0 Å². The highest BCUT2D eigenvalue weighted by molar-refractivity contribution is 7.89. The number of carbonyl (C=O) groups excluding carboxylic acids is 1. The summed E-state index contributed by atoms with van der Waals surface area (Å²) in [5.74, 6) is -0.626. The van der Waals surface area contributed by atoms with Crippen molar-refractivity contribution >= 4 is 37.5 Å². The van der Waals surface area contributed by atoms with Crippen molar-refractivity contribution in [2.24, 2.45) is 5.73 Å². The molecule has 0 saturated carbocycles. The fourth-order valence-electron chi connectivity index (χ4n) is 3.73.